The van der Waals surface area contributed by atoms with Gasteiger partial charge in [0.25, 0.3) is 10.0 Å². The molecule has 0 amide bonds. The van der Waals surface area contributed by atoms with E-state index in [-0.39, 0.29) is 10.5 Å². The Kier molecular flexibility index (Phi) is 4.76. The van der Waals surface area contributed by atoms with Crippen LogP contribution in [-0.4, -0.2) is 26.5 Å². The maximum atomic E-state index is 12.6. The van der Waals surface area contributed by atoms with Gasteiger partial charge in [-0.15, -0.1) is 11.3 Å². The van der Waals surface area contributed by atoms with Gasteiger partial charge in [-0.1, -0.05) is 0 Å². The van der Waals surface area contributed by atoms with Gasteiger partial charge in [-0.2, -0.15) is 0 Å². The number of hydrogen-bond donors (Lipinski definition) is 1. The average Bonchev–Trinajstić information content (AvgIpc) is 2.77. The lowest BCUT2D eigenvalue weighted by Crippen LogP contribution is -2.26. The molecule has 0 aliphatic rings. The van der Waals surface area contributed by atoms with Crippen LogP contribution >= 0.6 is 43.2 Å². The number of thiophene rings is 1. The van der Waals surface area contributed by atoms with Crippen molar-refractivity contribution in [3.8, 4) is 0 Å². The number of benzene rings is 1. The predicted molar refractivity (Wildman–Crippen MR) is 88.7 cm³/mol. The van der Waals surface area contributed by atoms with Crippen LogP contribution in [0.25, 0.3) is 0 Å². The molecular weight excluding hydrogens is 446 g/mol. The molecule has 112 valence electrons. The van der Waals surface area contributed by atoms with Gasteiger partial charge < -0.3 is 5.11 Å². The lowest BCUT2D eigenvalue weighted by molar-refractivity contribution is 0.0697. The van der Waals surface area contributed by atoms with Crippen LogP contribution in [-0.2, 0) is 10.0 Å². The monoisotopic (exact) mass is 453 g/mol. The Labute approximate surface area is 142 Å². The summed E-state index contributed by atoms with van der Waals surface area (Å²) in [5.41, 5.74) is 0.484. The van der Waals surface area contributed by atoms with Crippen LogP contribution in [0.1, 0.15) is 10.4 Å². The van der Waals surface area contributed by atoms with Gasteiger partial charge in [-0.3, -0.25) is 4.31 Å². The fraction of sp³-hybridized carbons (Fsp3) is 0.0833. The van der Waals surface area contributed by atoms with E-state index in [0.717, 1.165) is 4.31 Å². The van der Waals surface area contributed by atoms with Crippen LogP contribution < -0.4 is 4.31 Å². The average molecular weight is 455 g/mol. The molecule has 0 atom stereocenters. The highest BCUT2D eigenvalue weighted by Crippen LogP contribution is 2.37. The molecule has 0 aliphatic heterocycles. The van der Waals surface area contributed by atoms with Gasteiger partial charge in [-0.05, 0) is 62.2 Å². The standard InChI is InChI=1S/C12H9Br2NO4S2/c1-15(8-4-2-7(3-5-8)12(16)17)21(18,19)9-6-10(13)20-11(9)14/h2-6H,1H3,(H,16,17). The molecule has 1 aromatic carbocycles. The van der Waals surface area contributed by atoms with Gasteiger partial charge in [0.2, 0.25) is 0 Å². The van der Waals surface area contributed by atoms with Crippen LogP contribution in [0.15, 0.2) is 42.8 Å². The fourth-order valence-electron chi connectivity index (χ4n) is 1.60. The molecule has 1 aromatic heterocycles. The van der Waals surface area contributed by atoms with Crippen molar-refractivity contribution in [3.63, 3.8) is 0 Å². The molecule has 9 heteroatoms. The van der Waals surface area contributed by atoms with Gasteiger partial charge in [0.15, 0.2) is 0 Å². The summed E-state index contributed by atoms with van der Waals surface area (Å²) in [4.78, 5) is 11.0. The van der Waals surface area contributed by atoms with Crippen molar-refractivity contribution in [2.45, 2.75) is 4.90 Å². The second kappa shape index (κ2) is 6.07. The smallest absolute Gasteiger partial charge is 0.335 e. The molecule has 21 heavy (non-hydrogen) atoms. The molecule has 2 rings (SSSR count). The van der Waals surface area contributed by atoms with E-state index >= 15 is 0 Å². The summed E-state index contributed by atoms with van der Waals surface area (Å²) in [6.07, 6.45) is 0. The minimum atomic E-state index is -3.72. The van der Waals surface area contributed by atoms with Crippen molar-refractivity contribution in [2.75, 3.05) is 11.4 Å². The minimum Gasteiger partial charge on any atom is -0.478 e. The highest BCUT2D eigenvalue weighted by Gasteiger charge is 2.26. The van der Waals surface area contributed by atoms with E-state index in [1.54, 1.807) is 0 Å². The Hall–Kier alpha value is -0.900. The SMILES string of the molecule is CN(c1ccc(C(=O)O)cc1)S(=O)(=O)c1cc(Br)sc1Br. The first-order chi connectivity index (χ1) is 9.73. The van der Waals surface area contributed by atoms with Crippen molar-refractivity contribution in [1.29, 1.82) is 0 Å². The molecule has 5 nitrogen and oxygen atoms in total. The zero-order chi connectivity index (χ0) is 15.8. The first kappa shape index (κ1) is 16.5. The van der Waals surface area contributed by atoms with Crippen molar-refractivity contribution < 1.29 is 18.3 Å². The maximum absolute atomic E-state index is 12.6. The molecule has 1 heterocycles. The summed E-state index contributed by atoms with van der Waals surface area (Å²) in [6, 6.07) is 7.16. The van der Waals surface area contributed by atoms with Crippen molar-refractivity contribution in [2.24, 2.45) is 0 Å². The molecular formula is C12H9Br2NO4S2. The van der Waals surface area contributed by atoms with Crippen molar-refractivity contribution in [3.05, 3.63) is 43.5 Å². The fourth-order valence-corrected chi connectivity index (χ4v) is 6.56. The summed E-state index contributed by atoms with van der Waals surface area (Å²) < 4.78 is 27.4. The number of carbonyl (C=O) groups is 1. The first-order valence-corrected chi connectivity index (χ1v) is 9.35. The Morgan fingerprint density at radius 2 is 1.81 bits per heavy atom. The summed E-state index contributed by atoms with van der Waals surface area (Å²) >= 11 is 7.74. The Balaban J connectivity index is 2.40. The minimum absolute atomic E-state index is 0.101. The number of anilines is 1. The van der Waals surface area contributed by atoms with Crippen molar-refractivity contribution >= 4 is 64.9 Å². The van der Waals surface area contributed by atoms with E-state index in [1.807, 2.05) is 0 Å². The molecule has 0 fully saturated rings. The number of halogens is 2. The number of nitrogens with zero attached hydrogens (tertiary/aromatic N) is 1. The van der Waals surface area contributed by atoms with E-state index in [0.29, 0.717) is 13.3 Å². The third kappa shape index (κ3) is 3.31. The molecule has 1 N–H and O–H groups in total. The highest BCUT2D eigenvalue weighted by atomic mass is 79.9. The lowest BCUT2D eigenvalue weighted by Gasteiger charge is -2.19. The largest absolute Gasteiger partial charge is 0.478 e. The van der Waals surface area contributed by atoms with Crippen LogP contribution in [0.3, 0.4) is 0 Å². The van der Waals surface area contributed by atoms with Gasteiger partial charge >= 0.3 is 5.97 Å². The molecule has 0 radical (unpaired) electrons. The lowest BCUT2D eigenvalue weighted by atomic mass is 10.2. The number of carboxylic acids is 1. The van der Waals surface area contributed by atoms with Gasteiger partial charge in [0.05, 0.1) is 18.8 Å². The highest BCUT2D eigenvalue weighted by molar-refractivity contribution is 9.12. The second-order valence-electron chi connectivity index (χ2n) is 4.01. The third-order valence-corrected chi connectivity index (χ3v) is 7.28. The summed E-state index contributed by atoms with van der Waals surface area (Å²) in [5, 5.41) is 8.85. The number of aromatic carboxylic acids is 1. The molecule has 2 aromatic rings. The van der Waals surface area contributed by atoms with E-state index in [4.69, 9.17) is 5.11 Å². The van der Waals surface area contributed by atoms with E-state index in [9.17, 15) is 13.2 Å². The zero-order valence-electron chi connectivity index (χ0n) is 10.6. The van der Waals surface area contributed by atoms with Crippen LogP contribution in [0.5, 0.6) is 0 Å². The topological polar surface area (TPSA) is 74.7 Å². The number of rotatable bonds is 4. The summed E-state index contributed by atoms with van der Waals surface area (Å²) in [7, 11) is -2.30. The number of hydrogen-bond acceptors (Lipinski definition) is 4. The molecule has 0 spiro atoms. The molecule has 0 bridgehead atoms. The number of sulfonamides is 1. The quantitative estimate of drug-likeness (QED) is 0.762. The zero-order valence-corrected chi connectivity index (χ0v) is 15.4. The van der Waals surface area contributed by atoms with Gasteiger partial charge in [-0.25, -0.2) is 13.2 Å². The first-order valence-electron chi connectivity index (χ1n) is 5.50. The summed E-state index contributed by atoms with van der Waals surface area (Å²) in [6.45, 7) is 0. The van der Waals surface area contributed by atoms with E-state index in [1.165, 1.54) is 48.7 Å². The van der Waals surface area contributed by atoms with E-state index < -0.39 is 16.0 Å². The molecule has 0 aliphatic carbocycles. The Morgan fingerprint density at radius 1 is 1.24 bits per heavy atom. The predicted octanol–water partition coefficient (Wildman–Crippen LogP) is 3.80. The van der Waals surface area contributed by atoms with Crippen molar-refractivity contribution in [1.82, 2.24) is 0 Å². The van der Waals surface area contributed by atoms with Crippen LogP contribution in [0, 0.1) is 0 Å². The maximum Gasteiger partial charge on any atom is 0.335 e. The molecule has 0 saturated heterocycles. The third-order valence-electron chi connectivity index (χ3n) is 2.74. The van der Waals surface area contributed by atoms with E-state index in [2.05, 4.69) is 31.9 Å². The van der Waals surface area contributed by atoms with Crippen LogP contribution in [0.4, 0.5) is 5.69 Å². The normalized spacial score (nSPS) is 11.4. The Morgan fingerprint density at radius 3 is 2.24 bits per heavy atom. The van der Waals surface area contributed by atoms with Gasteiger partial charge in [0.1, 0.15) is 4.90 Å². The Bertz CT molecular complexity index is 784. The molecule has 0 unspecified atom stereocenters. The van der Waals surface area contributed by atoms with Gasteiger partial charge in [0, 0.05) is 7.05 Å². The number of carboxylic acid groups (broad SMARTS) is 1. The summed E-state index contributed by atoms with van der Waals surface area (Å²) in [5.74, 6) is -1.06. The van der Waals surface area contributed by atoms with Crippen LogP contribution in [0.2, 0.25) is 0 Å². The molecule has 0 saturated carbocycles. The second-order valence-corrected chi connectivity index (χ2v) is 9.70.